The number of hydrogen-bond donors (Lipinski definition) is 1. The van der Waals surface area contributed by atoms with Gasteiger partial charge in [-0.3, -0.25) is 4.90 Å². The average Bonchev–Trinajstić information content (AvgIpc) is 2.27. The van der Waals surface area contributed by atoms with Crippen LogP contribution in [0.2, 0.25) is 0 Å². The highest BCUT2D eigenvalue weighted by atomic mass is 19.4. The Morgan fingerprint density at radius 1 is 1.39 bits per heavy atom. The molecule has 2 atom stereocenters. The second-order valence-corrected chi connectivity index (χ2v) is 4.93. The lowest BCUT2D eigenvalue weighted by Gasteiger charge is -2.39. The molecule has 0 amide bonds. The van der Waals surface area contributed by atoms with Crippen molar-refractivity contribution in [3.05, 3.63) is 0 Å². The van der Waals surface area contributed by atoms with Gasteiger partial charge in [0.05, 0.1) is 6.61 Å². The number of ether oxygens (including phenoxy) is 1. The summed E-state index contributed by atoms with van der Waals surface area (Å²) in [6, 6.07) is 0.140. The monoisotopic (exact) mass is 269 g/mol. The van der Waals surface area contributed by atoms with Crippen LogP contribution in [0.1, 0.15) is 26.2 Å². The number of hydrogen-bond acceptors (Lipinski definition) is 3. The van der Waals surface area contributed by atoms with Gasteiger partial charge in [0.25, 0.3) is 0 Å². The van der Waals surface area contributed by atoms with Gasteiger partial charge in [-0.15, -0.1) is 0 Å². The highest BCUT2D eigenvalue weighted by Crippen LogP contribution is 2.23. The number of rotatable bonds is 6. The molecule has 2 unspecified atom stereocenters. The van der Waals surface area contributed by atoms with Crippen LogP contribution in [0.5, 0.6) is 0 Å². The molecular formula is C12H22F3NO2. The fourth-order valence-electron chi connectivity index (χ4n) is 2.47. The number of alkyl halides is 3. The highest BCUT2D eigenvalue weighted by Gasteiger charge is 2.28. The Morgan fingerprint density at radius 3 is 2.72 bits per heavy atom. The summed E-state index contributed by atoms with van der Waals surface area (Å²) < 4.78 is 40.1. The zero-order valence-corrected chi connectivity index (χ0v) is 10.7. The van der Waals surface area contributed by atoms with Gasteiger partial charge in [-0.05, 0) is 31.7 Å². The van der Waals surface area contributed by atoms with Gasteiger partial charge in [0.2, 0.25) is 0 Å². The second kappa shape index (κ2) is 7.31. The second-order valence-electron chi connectivity index (χ2n) is 4.93. The molecule has 108 valence electrons. The lowest BCUT2D eigenvalue weighted by molar-refractivity contribution is -0.174. The quantitative estimate of drug-likeness (QED) is 0.749. The fraction of sp³-hybridized carbons (Fsp3) is 1.00. The first-order valence-corrected chi connectivity index (χ1v) is 6.43. The van der Waals surface area contributed by atoms with Crippen LogP contribution in [0.25, 0.3) is 0 Å². The summed E-state index contributed by atoms with van der Waals surface area (Å²) in [5, 5.41) is 9.32. The van der Waals surface area contributed by atoms with Gasteiger partial charge in [-0.2, -0.15) is 13.2 Å². The van der Waals surface area contributed by atoms with E-state index in [1.54, 1.807) is 0 Å². The molecule has 1 aliphatic rings. The predicted molar refractivity (Wildman–Crippen MR) is 62.3 cm³/mol. The fourth-order valence-corrected chi connectivity index (χ4v) is 2.47. The molecule has 3 nitrogen and oxygen atoms in total. The molecule has 18 heavy (non-hydrogen) atoms. The van der Waals surface area contributed by atoms with Crippen LogP contribution in [0.15, 0.2) is 0 Å². The Kier molecular flexibility index (Phi) is 6.38. The first kappa shape index (κ1) is 15.7. The molecule has 0 aromatic heterocycles. The number of piperidine rings is 1. The molecule has 0 radical (unpaired) electrons. The van der Waals surface area contributed by atoms with Crippen molar-refractivity contribution in [1.29, 1.82) is 0 Å². The molecule has 0 saturated carbocycles. The van der Waals surface area contributed by atoms with Crippen molar-refractivity contribution in [3.63, 3.8) is 0 Å². The summed E-state index contributed by atoms with van der Waals surface area (Å²) in [5.41, 5.74) is 0. The van der Waals surface area contributed by atoms with Crippen molar-refractivity contribution < 1.29 is 23.0 Å². The number of halogens is 3. The van der Waals surface area contributed by atoms with E-state index in [4.69, 9.17) is 0 Å². The van der Waals surface area contributed by atoms with E-state index in [9.17, 15) is 18.3 Å². The summed E-state index contributed by atoms with van der Waals surface area (Å²) in [5.74, 6) is 0.444. The SMILES string of the molecule is CC1CCCN(CCCOCC(F)(F)F)C1CO. The molecule has 0 aromatic rings. The van der Waals surface area contributed by atoms with Crippen molar-refractivity contribution in [2.24, 2.45) is 5.92 Å². The Morgan fingerprint density at radius 2 is 2.11 bits per heavy atom. The average molecular weight is 269 g/mol. The molecular weight excluding hydrogens is 247 g/mol. The lowest BCUT2D eigenvalue weighted by atomic mass is 9.91. The molecule has 1 fully saturated rings. The standard InChI is InChI=1S/C12H22F3NO2/c1-10-4-2-5-16(11(10)8-17)6-3-7-18-9-12(13,14)15/h10-11,17H,2-9H2,1H3. The number of likely N-dealkylation sites (tertiary alicyclic amines) is 1. The lowest BCUT2D eigenvalue weighted by Crippen LogP contribution is -2.47. The zero-order chi connectivity index (χ0) is 13.6. The number of nitrogens with zero attached hydrogens (tertiary/aromatic N) is 1. The van der Waals surface area contributed by atoms with Crippen molar-refractivity contribution in [2.75, 3.05) is 32.9 Å². The van der Waals surface area contributed by atoms with E-state index in [1.807, 2.05) is 0 Å². The minimum Gasteiger partial charge on any atom is -0.395 e. The molecule has 1 rings (SSSR count). The molecule has 1 heterocycles. The van der Waals surface area contributed by atoms with E-state index < -0.39 is 12.8 Å². The largest absolute Gasteiger partial charge is 0.411 e. The van der Waals surface area contributed by atoms with Crippen LogP contribution in [0.4, 0.5) is 13.2 Å². The maximum atomic E-state index is 11.8. The van der Waals surface area contributed by atoms with Crippen LogP contribution in [0, 0.1) is 5.92 Å². The van der Waals surface area contributed by atoms with E-state index in [0.29, 0.717) is 18.9 Å². The van der Waals surface area contributed by atoms with Crippen LogP contribution < -0.4 is 0 Å². The van der Waals surface area contributed by atoms with Crippen LogP contribution >= 0.6 is 0 Å². The van der Waals surface area contributed by atoms with Gasteiger partial charge in [0, 0.05) is 19.2 Å². The van der Waals surface area contributed by atoms with Gasteiger partial charge in [0.1, 0.15) is 6.61 Å². The van der Waals surface area contributed by atoms with Gasteiger partial charge < -0.3 is 9.84 Å². The van der Waals surface area contributed by atoms with E-state index in [1.165, 1.54) is 0 Å². The molecule has 1 aliphatic heterocycles. The maximum absolute atomic E-state index is 11.8. The minimum absolute atomic E-state index is 0.114. The van der Waals surface area contributed by atoms with E-state index in [2.05, 4.69) is 16.6 Å². The van der Waals surface area contributed by atoms with Gasteiger partial charge >= 0.3 is 6.18 Å². The summed E-state index contributed by atoms with van der Waals surface area (Å²) >= 11 is 0. The Hall–Kier alpha value is -0.330. The van der Waals surface area contributed by atoms with E-state index in [0.717, 1.165) is 19.4 Å². The van der Waals surface area contributed by atoms with Gasteiger partial charge in [-0.25, -0.2) is 0 Å². The Bertz CT molecular complexity index is 236. The van der Waals surface area contributed by atoms with Crippen molar-refractivity contribution in [2.45, 2.75) is 38.4 Å². The number of aliphatic hydroxyl groups excluding tert-OH is 1. The molecule has 0 bridgehead atoms. The van der Waals surface area contributed by atoms with Crippen molar-refractivity contribution in [1.82, 2.24) is 4.90 Å². The number of aliphatic hydroxyl groups is 1. The molecule has 6 heteroatoms. The van der Waals surface area contributed by atoms with Gasteiger partial charge in [0.15, 0.2) is 0 Å². The molecule has 1 N–H and O–H groups in total. The summed E-state index contributed by atoms with van der Waals surface area (Å²) in [6.07, 6.45) is -1.49. The summed E-state index contributed by atoms with van der Waals surface area (Å²) in [6.45, 7) is 2.76. The topological polar surface area (TPSA) is 32.7 Å². The molecule has 0 aromatic carbocycles. The molecule has 0 spiro atoms. The third-order valence-electron chi connectivity index (χ3n) is 3.42. The predicted octanol–water partition coefficient (Wildman–Crippen LogP) is 2.05. The minimum atomic E-state index is -4.24. The third-order valence-corrected chi connectivity index (χ3v) is 3.42. The van der Waals surface area contributed by atoms with Crippen LogP contribution in [0.3, 0.4) is 0 Å². The normalized spacial score (nSPS) is 26.5. The van der Waals surface area contributed by atoms with E-state index >= 15 is 0 Å². The first-order valence-electron chi connectivity index (χ1n) is 6.43. The third kappa shape index (κ3) is 5.54. The van der Waals surface area contributed by atoms with Crippen LogP contribution in [-0.2, 0) is 4.74 Å². The summed E-state index contributed by atoms with van der Waals surface area (Å²) in [7, 11) is 0. The zero-order valence-electron chi connectivity index (χ0n) is 10.7. The first-order chi connectivity index (χ1) is 8.44. The highest BCUT2D eigenvalue weighted by molar-refractivity contribution is 4.81. The molecule has 1 saturated heterocycles. The van der Waals surface area contributed by atoms with Crippen molar-refractivity contribution in [3.8, 4) is 0 Å². The van der Waals surface area contributed by atoms with E-state index in [-0.39, 0.29) is 19.3 Å². The molecule has 0 aliphatic carbocycles. The maximum Gasteiger partial charge on any atom is 0.411 e. The van der Waals surface area contributed by atoms with Crippen LogP contribution in [-0.4, -0.2) is 55.1 Å². The smallest absolute Gasteiger partial charge is 0.395 e. The Labute approximate surface area is 106 Å². The Balaban J connectivity index is 2.17. The van der Waals surface area contributed by atoms with Crippen molar-refractivity contribution >= 4 is 0 Å². The van der Waals surface area contributed by atoms with Gasteiger partial charge in [-0.1, -0.05) is 6.92 Å². The summed E-state index contributed by atoms with van der Waals surface area (Å²) in [4.78, 5) is 2.16.